The first kappa shape index (κ1) is 20.5. The summed E-state index contributed by atoms with van der Waals surface area (Å²) in [5.74, 6) is -0.679. The number of hydrogen-bond donors (Lipinski definition) is 1. The summed E-state index contributed by atoms with van der Waals surface area (Å²) in [5.41, 5.74) is 4.98. The summed E-state index contributed by atoms with van der Waals surface area (Å²) in [4.78, 5) is 32.1. The van der Waals surface area contributed by atoms with Crippen molar-refractivity contribution in [3.63, 3.8) is 0 Å². The number of aryl methyl sites for hydroxylation is 1. The van der Waals surface area contributed by atoms with Crippen LogP contribution in [0, 0.1) is 6.92 Å². The lowest BCUT2D eigenvalue weighted by Gasteiger charge is -2.28. The molecule has 0 atom stereocenters. The highest BCUT2D eigenvalue weighted by Gasteiger charge is 2.28. The molecule has 0 radical (unpaired) electrons. The van der Waals surface area contributed by atoms with Crippen molar-refractivity contribution in [1.29, 1.82) is 0 Å². The van der Waals surface area contributed by atoms with Crippen molar-refractivity contribution in [2.24, 2.45) is 4.99 Å². The molecule has 29 heavy (non-hydrogen) atoms. The van der Waals surface area contributed by atoms with Crippen LogP contribution in [0.15, 0.2) is 59.1 Å². The fourth-order valence-electron chi connectivity index (χ4n) is 3.64. The molecule has 1 amide bonds. The van der Waals surface area contributed by atoms with E-state index in [1.54, 1.807) is 18.2 Å². The number of nitrogens with one attached hydrogen (secondary N) is 1. The van der Waals surface area contributed by atoms with E-state index in [1.165, 1.54) is 7.05 Å². The van der Waals surface area contributed by atoms with Gasteiger partial charge in [0.2, 0.25) is 0 Å². The maximum Gasteiger partial charge on any atom is 0.255 e. The Morgan fingerprint density at radius 1 is 1.14 bits per heavy atom. The topological polar surface area (TPSA) is 61.8 Å². The van der Waals surface area contributed by atoms with E-state index in [0.717, 1.165) is 29.0 Å². The predicted molar refractivity (Wildman–Crippen MR) is 118 cm³/mol. The van der Waals surface area contributed by atoms with Crippen LogP contribution in [0.4, 0.5) is 11.4 Å². The number of aliphatic imine (C=N–C) groups is 1. The van der Waals surface area contributed by atoms with E-state index in [1.807, 2.05) is 25.1 Å². The third-order valence-electron chi connectivity index (χ3n) is 5.16. The van der Waals surface area contributed by atoms with Crippen molar-refractivity contribution in [3.8, 4) is 0 Å². The quantitative estimate of drug-likeness (QED) is 0.779. The van der Waals surface area contributed by atoms with E-state index in [0.29, 0.717) is 17.3 Å². The Labute approximate surface area is 172 Å². The number of allylic oxidation sites excluding steroid dienone is 1. The zero-order valence-corrected chi connectivity index (χ0v) is 17.6. The van der Waals surface area contributed by atoms with Crippen LogP contribution < -0.4 is 10.2 Å². The number of Topliss-reactive ketones (excluding diaryl/α,β-unsaturated/α-hetero) is 1. The Morgan fingerprint density at radius 2 is 1.83 bits per heavy atom. The monoisotopic (exact) mass is 389 g/mol. The minimum atomic E-state index is -0.403. The van der Waals surface area contributed by atoms with Crippen LogP contribution in [0.1, 0.15) is 42.3 Å². The van der Waals surface area contributed by atoms with Crippen molar-refractivity contribution in [2.45, 2.75) is 33.7 Å². The highest BCUT2D eigenvalue weighted by Crippen LogP contribution is 2.29. The molecule has 0 unspecified atom stereocenters. The first-order valence-corrected chi connectivity index (χ1v) is 9.91. The van der Waals surface area contributed by atoms with Crippen molar-refractivity contribution in [1.82, 2.24) is 5.32 Å². The first-order chi connectivity index (χ1) is 13.9. The summed E-state index contributed by atoms with van der Waals surface area (Å²) in [7, 11) is 1.52. The minimum absolute atomic E-state index is 0.108. The lowest BCUT2D eigenvalue weighted by molar-refractivity contribution is -0.116. The normalized spacial score (nSPS) is 14.6. The van der Waals surface area contributed by atoms with E-state index in [4.69, 9.17) is 4.99 Å². The molecule has 0 saturated heterocycles. The summed E-state index contributed by atoms with van der Waals surface area (Å²) in [6, 6.07) is 13.9. The second-order valence-corrected chi connectivity index (χ2v) is 7.36. The fourth-order valence-corrected chi connectivity index (χ4v) is 3.64. The third kappa shape index (κ3) is 3.99. The number of amides is 1. The Balaban J connectivity index is 2.09. The van der Waals surface area contributed by atoms with Crippen LogP contribution >= 0.6 is 0 Å². The smallest absolute Gasteiger partial charge is 0.255 e. The van der Waals surface area contributed by atoms with E-state index in [-0.39, 0.29) is 11.4 Å². The number of ketones is 1. The van der Waals surface area contributed by atoms with Crippen LogP contribution in [0.5, 0.6) is 0 Å². The summed E-state index contributed by atoms with van der Waals surface area (Å²) in [6.45, 7) is 9.45. The number of rotatable bonds is 5. The molecule has 1 aliphatic carbocycles. The van der Waals surface area contributed by atoms with Gasteiger partial charge >= 0.3 is 0 Å². The minimum Gasteiger partial charge on any atom is -0.369 e. The van der Waals surface area contributed by atoms with Gasteiger partial charge in [-0.1, -0.05) is 24.3 Å². The molecule has 0 aliphatic heterocycles. The van der Waals surface area contributed by atoms with Crippen LogP contribution in [-0.2, 0) is 4.79 Å². The van der Waals surface area contributed by atoms with Gasteiger partial charge in [-0.2, -0.15) is 0 Å². The summed E-state index contributed by atoms with van der Waals surface area (Å²) in [6.07, 6.45) is 1.59. The fraction of sp³-hybridized carbons (Fsp3) is 0.292. The standard InChI is InChI=1S/C24H27N3O2/c1-6-27(15(2)3)17-11-12-21(16(4)13-17)26-22-14-20(24(29)25-5)23(28)19-10-8-7-9-18(19)22/h7-15H,6H2,1-5H3,(H,25,29). The maximum atomic E-state index is 12.7. The molecule has 5 nitrogen and oxygen atoms in total. The van der Waals surface area contributed by atoms with Gasteiger partial charge in [-0.25, -0.2) is 4.99 Å². The number of likely N-dealkylation sites (N-methyl/N-ethyl adjacent to an activating group) is 1. The molecular weight excluding hydrogens is 362 g/mol. The van der Waals surface area contributed by atoms with E-state index in [9.17, 15) is 9.59 Å². The molecule has 5 heteroatoms. The first-order valence-electron chi connectivity index (χ1n) is 9.91. The Bertz CT molecular complexity index is 1020. The van der Waals surface area contributed by atoms with Gasteiger partial charge in [0, 0.05) is 36.4 Å². The van der Waals surface area contributed by atoms with Crippen molar-refractivity contribution in [3.05, 3.63) is 70.8 Å². The van der Waals surface area contributed by atoms with Crippen molar-refractivity contribution < 1.29 is 9.59 Å². The molecule has 0 aromatic heterocycles. The number of fused-ring (bicyclic) bond motifs is 1. The summed E-state index contributed by atoms with van der Waals surface area (Å²) >= 11 is 0. The second-order valence-electron chi connectivity index (χ2n) is 7.36. The molecule has 150 valence electrons. The average Bonchev–Trinajstić information content (AvgIpc) is 2.71. The molecular formula is C24H27N3O2. The molecule has 1 aliphatic rings. The van der Waals surface area contributed by atoms with Gasteiger partial charge in [0.15, 0.2) is 5.78 Å². The van der Waals surface area contributed by atoms with Gasteiger partial charge in [-0.3, -0.25) is 9.59 Å². The average molecular weight is 389 g/mol. The van der Waals surface area contributed by atoms with E-state index < -0.39 is 5.91 Å². The molecule has 1 N–H and O–H groups in total. The largest absolute Gasteiger partial charge is 0.369 e. The van der Waals surface area contributed by atoms with Crippen LogP contribution in [0.25, 0.3) is 0 Å². The van der Waals surface area contributed by atoms with Gasteiger partial charge in [-0.05, 0) is 57.5 Å². The number of carbonyl (C=O) groups excluding carboxylic acids is 2. The van der Waals surface area contributed by atoms with Crippen LogP contribution in [0.3, 0.4) is 0 Å². The van der Waals surface area contributed by atoms with Crippen molar-refractivity contribution in [2.75, 3.05) is 18.5 Å². The number of nitrogens with zero attached hydrogens (tertiary/aromatic N) is 2. The third-order valence-corrected chi connectivity index (χ3v) is 5.16. The number of carbonyl (C=O) groups is 2. The van der Waals surface area contributed by atoms with Gasteiger partial charge < -0.3 is 10.2 Å². The lowest BCUT2D eigenvalue weighted by Crippen LogP contribution is -2.30. The summed E-state index contributed by atoms with van der Waals surface area (Å²) < 4.78 is 0. The van der Waals surface area contributed by atoms with E-state index in [2.05, 4.69) is 43.1 Å². The predicted octanol–water partition coefficient (Wildman–Crippen LogP) is 4.22. The Kier molecular flexibility index (Phi) is 5.97. The number of anilines is 1. The van der Waals surface area contributed by atoms with E-state index >= 15 is 0 Å². The van der Waals surface area contributed by atoms with Crippen LogP contribution in [0.2, 0.25) is 0 Å². The number of benzene rings is 2. The second kappa shape index (κ2) is 8.43. The molecule has 0 saturated carbocycles. The molecule has 3 rings (SSSR count). The Morgan fingerprint density at radius 3 is 2.41 bits per heavy atom. The molecule has 0 fully saturated rings. The van der Waals surface area contributed by atoms with Crippen molar-refractivity contribution >= 4 is 28.8 Å². The van der Waals surface area contributed by atoms with Gasteiger partial charge in [0.05, 0.1) is 17.0 Å². The molecule has 0 spiro atoms. The summed E-state index contributed by atoms with van der Waals surface area (Å²) in [5, 5.41) is 2.54. The zero-order chi connectivity index (χ0) is 21.1. The van der Waals surface area contributed by atoms with Gasteiger partial charge in [-0.15, -0.1) is 0 Å². The highest BCUT2D eigenvalue weighted by molar-refractivity contribution is 6.35. The maximum absolute atomic E-state index is 12.7. The van der Waals surface area contributed by atoms with Gasteiger partial charge in [0.1, 0.15) is 0 Å². The SMILES string of the molecule is CCN(c1ccc(N=C2C=C(C(=O)NC)C(=O)c3ccccc32)c(C)c1)C(C)C. The number of hydrogen-bond acceptors (Lipinski definition) is 4. The molecule has 0 heterocycles. The zero-order valence-electron chi connectivity index (χ0n) is 17.6. The van der Waals surface area contributed by atoms with Crippen LogP contribution in [-0.4, -0.2) is 37.0 Å². The van der Waals surface area contributed by atoms with Gasteiger partial charge in [0.25, 0.3) is 5.91 Å². The Hall–Kier alpha value is -3.21. The molecule has 0 bridgehead atoms. The lowest BCUT2D eigenvalue weighted by atomic mass is 9.88. The molecule has 2 aromatic rings. The highest BCUT2D eigenvalue weighted by atomic mass is 16.2. The molecule has 2 aromatic carbocycles.